The summed E-state index contributed by atoms with van der Waals surface area (Å²) in [5, 5.41) is 9.63. The Labute approximate surface area is 119 Å². The maximum absolute atomic E-state index is 13.2. The van der Waals surface area contributed by atoms with E-state index in [0.717, 1.165) is 0 Å². The minimum atomic E-state index is -1.20. The van der Waals surface area contributed by atoms with Crippen LogP contribution in [0.15, 0.2) is 22.7 Å². The van der Waals surface area contributed by atoms with Crippen molar-refractivity contribution >= 4 is 21.9 Å². The quantitative estimate of drug-likeness (QED) is 0.922. The van der Waals surface area contributed by atoms with Gasteiger partial charge in [0.1, 0.15) is 11.4 Å². The molecule has 19 heavy (non-hydrogen) atoms. The van der Waals surface area contributed by atoms with Gasteiger partial charge in [-0.15, -0.1) is 0 Å². The zero-order chi connectivity index (χ0) is 14.0. The van der Waals surface area contributed by atoms with Gasteiger partial charge in [-0.1, -0.05) is 22.0 Å². The predicted molar refractivity (Wildman–Crippen MR) is 71.5 cm³/mol. The maximum Gasteiger partial charge on any atom is 0.328 e. The van der Waals surface area contributed by atoms with Gasteiger partial charge in [-0.3, -0.25) is 4.90 Å². The van der Waals surface area contributed by atoms with Crippen LogP contribution in [0, 0.1) is 5.82 Å². The Morgan fingerprint density at radius 3 is 2.63 bits per heavy atom. The fraction of sp³-hybridized carbons (Fsp3) is 0.462. The second kappa shape index (κ2) is 5.56. The van der Waals surface area contributed by atoms with Crippen molar-refractivity contribution in [3.8, 4) is 0 Å². The van der Waals surface area contributed by atoms with Crippen LogP contribution in [0.5, 0.6) is 0 Å². The third-order valence-corrected chi connectivity index (χ3v) is 4.17. The topological polar surface area (TPSA) is 49.8 Å². The monoisotopic (exact) mass is 331 g/mol. The van der Waals surface area contributed by atoms with E-state index in [-0.39, 0.29) is 0 Å². The van der Waals surface area contributed by atoms with Crippen LogP contribution in [-0.2, 0) is 15.1 Å². The molecular weight excluding hydrogens is 317 g/mol. The Kier molecular flexibility index (Phi) is 4.23. The molecule has 0 spiro atoms. The highest BCUT2D eigenvalue weighted by Gasteiger charge is 2.43. The van der Waals surface area contributed by atoms with Gasteiger partial charge in [0, 0.05) is 17.6 Å². The largest absolute Gasteiger partial charge is 0.480 e. The number of halogens is 2. The number of benzene rings is 1. The van der Waals surface area contributed by atoms with Gasteiger partial charge in [-0.2, -0.15) is 0 Å². The molecule has 0 aromatic heterocycles. The van der Waals surface area contributed by atoms with Gasteiger partial charge in [0.2, 0.25) is 0 Å². The summed E-state index contributed by atoms with van der Waals surface area (Å²) in [5.74, 6) is -1.35. The number of carboxylic acids is 1. The van der Waals surface area contributed by atoms with Crippen LogP contribution >= 0.6 is 15.9 Å². The molecule has 0 saturated carbocycles. The number of morpholine rings is 1. The summed E-state index contributed by atoms with van der Waals surface area (Å²) in [6.07, 6.45) is 0. The number of aliphatic carboxylic acids is 1. The number of carbonyl (C=O) groups is 1. The van der Waals surface area contributed by atoms with E-state index in [0.29, 0.717) is 36.3 Å². The van der Waals surface area contributed by atoms with Gasteiger partial charge >= 0.3 is 5.97 Å². The van der Waals surface area contributed by atoms with Crippen molar-refractivity contribution in [1.29, 1.82) is 0 Å². The smallest absolute Gasteiger partial charge is 0.328 e. The third-order valence-electron chi connectivity index (χ3n) is 3.52. The van der Waals surface area contributed by atoms with E-state index in [9.17, 15) is 14.3 Å². The first kappa shape index (κ1) is 14.4. The molecule has 1 aromatic rings. The summed E-state index contributed by atoms with van der Waals surface area (Å²) >= 11 is 3.26. The second-order valence-electron chi connectivity index (χ2n) is 4.60. The number of rotatable bonds is 3. The zero-order valence-corrected chi connectivity index (χ0v) is 12.1. The predicted octanol–water partition coefficient (Wildman–Crippen LogP) is 2.22. The summed E-state index contributed by atoms with van der Waals surface area (Å²) in [6.45, 7) is 3.71. The van der Waals surface area contributed by atoms with Gasteiger partial charge in [-0.25, -0.2) is 9.18 Å². The highest BCUT2D eigenvalue weighted by molar-refractivity contribution is 9.10. The van der Waals surface area contributed by atoms with Crippen LogP contribution in [0.1, 0.15) is 12.5 Å². The van der Waals surface area contributed by atoms with Gasteiger partial charge in [0.25, 0.3) is 0 Å². The fourth-order valence-corrected chi connectivity index (χ4v) is 3.05. The van der Waals surface area contributed by atoms with E-state index >= 15 is 0 Å². The molecule has 104 valence electrons. The van der Waals surface area contributed by atoms with Crippen LogP contribution in [-0.4, -0.2) is 42.3 Å². The normalized spacial score (nSPS) is 19.9. The molecule has 1 unspecified atom stereocenters. The van der Waals surface area contributed by atoms with E-state index in [1.165, 1.54) is 18.2 Å². The lowest BCUT2D eigenvalue weighted by Gasteiger charge is -2.40. The molecule has 2 rings (SSSR count). The van der Waals surface area contributed by atoms with Gasteiger partial charge in [-0.05, 0) is 24.6 Å². The third kappa shape index (κ3) is 2.66. The molecule has 1 N–H and O–H groups in total. The van der Waals surface area contributed by atoms with Crippen molar-refractivity contribution in [1.82, 2.24) is 4.90 Å². The van der Waals surface area contributed by atoms with Crippen LogP contribution in [0.2, 0.25) is 0 Å². The molecule has 0 amide bonds. The summed E-state index contributed by atoms with van der Waals surface area (Å²) < 4.78 is 18.9. The molecule has 6 heteroatoms. The van der Waals surface area contributed by atoms with Gasteiger partial charge < -0.3 is 9.84 Å². The SMILES string of the molecule is CC(C(=O)O)(c1ccc(F)cc1Br)N1CCOCC1. The number of hydrogen-bond acceptors (Lipinski definition) is 3. The first-order valence-corrected chi connectivity index (χ1v) is 6.77. The average Bonchev–Trinajstić information content (AvgIpc) is 2.38. The summed E-state index contributed by atoms with van der Waals surface area (Å²) in [7, 11) is 0. The lowest BCUT2D eigenvalue weighted by atomic mass is 9.89. The lowest BCUT2D eigenvalue weighted by molar-refractivity contribution is -0.154. The van der Waals surface area contributed by atoms with Crippen molar-refractivity contribution in [2.24, 2.45) is 0 Å². The van der Waals surface area contributed by atoms with Crippen molar-refractivity contribution in [3.05, 3.63) is 34.1 Å². The number of carboxylic acid groups (broad SMARTS) is 1. The summed E-state index contributed by atoms with van der Waals surface area (Å²) in [6, 6.07) is 4.09. The summed E-state index contributed by atoms with van der Waals surface area (Å²) in [5.41, 5.74) is -0.653. The average molecular weight is 332 g/mol. The maximum atomic E-state index is 13.2. The second-order valence-corrected chi connectivity index (χ2v) is 5.46. The van der Waals surface area contributed by atoms with Crippen LogP contribution in [0.3, 0.4) is 0 Å². The van der Waals surface area contributed by atoms with Crippen LogP contribution in [0.25, 0.3) is 0 Å². The molecular formula is C13H15BrFNO3. The minimum absolute atomic E-state index is 0.398. The molecule has 0 aliphatic carbocycles. The zero-order valence-electron chi connectivity index (χ0n) is 10.5. The van der Waals surface area contributed by atoms with Crippen molar-refractivity contribution in [2.45, 2.75) is 12.5 Å². The van der Waals surface area contributed by atoms with Crippen molar-refractivity contribution in [2.75, 3.05) is 26.3 Å². The minimum Gasteiger partial charge on any atom is -0.480 e. The van der Waals surface area contributed by atoms with E-state index in [4.69, 9.17) is 4.74 Å². The molecule has 0 bridgehead atoms. The Hall–Kier alpha value is -0.980. The number of hydrogen-bond donors (Lipinski definition) is 1. The molecule has 1 saturated heterocycles. The molecule has 1 aromatic carbocycles. The molecule has 1 heterocycles. The molecule has 4 nitrogen and oxygen atoms in total. The highest BCUT2D eigenvalue weighted by atomic mass is 79.9. The Bertz CT molecular complexity index is 491. The molecule has 1 aliphatic heterocycles. The van der Waals surface area contributed by atoms with Crippen molar-refractivity contribution < 1.29 is 19.0 Å². The molecule has 1 atom stereocenters. The van der Waals surface area contributed by atoms with E-state index in [1.807, 2.05) is 4.90 Å². The fourth-order valence-electron chi connectivity index (χ4n) is 2.32. The highest BCUT2D eigenvalue weighted by Crippen LogP contribution is 2.34. The molecule has 1 fully saturated rings. The van der Waals surface area contributed by atoms with E-state index in [1.54, 1.807) is 6.92 Å². The van der Waals surface area contributed by atoms with Crippen LogP contribution in [0.4, 0.5) is 4.39 Å². The van der Waals surface area contributed by atoms with Crippen molar-refractivity contribution in [3.63, 3.8) is 0 Å². The van der Waals surface area contributed by atoms with E-state index in [2.05, 4.69) is 15.9 Å². The molecule has 1 aliphatic rings. The van der Waals surface area contributed by atoms with Gasteiger partial charge in [0.15, 0.2) is 0 Å². The first-order valence-electron chi connectivity index (χ1n) is 5.98. The summed E-state index contributed by atoms with van der Waals surface area (Å²) in [4.78, 5) is 13.6. The standard InChI is InChI=1S/C13H15BrFNO3/c1-13(12(17)18,16-4-6-19-7-5-16)10-3-2-9(15)8-11(10)14/h2-3,8H,4-7H2,1H3,(H,17,18). The molecule has 0 radical (unpaired) electrons. The van der Waals surface area contributed by atoms with E-state index < -0.39 is 17.3 Å². The Morgan fingerprint density at radius 2 is 2.11 bits per heavy atom. The van der Waals surface area contributed by atoms with Crippen LogP contribution < -0.4 is 0 Å². The Morgan fingerprint density at radius 1 is 1.47 bits per heavy atom. The first-order chi connectivity index (χ1) is 8.96. The lowest BCUT2D eigenvalue weighted by Crippen LogP contribution is -2.54. The Balaban J connectivity index is 2.46. The van der Waals surface area contributed by atoms with Gasteiger partial charge in [0.05, 0.1) is 13.2 Å². The number of ether oxygens (including phenoxy) is 1. The number of nitrogens with zero attached hydrogens (tertiary/aromatic N) is 1.